The fourth-order valence-corrected chi connectivity index (χ4v) is 2.58. The molecule has 1 rings (SSSR count). The van der Waals surface area contributed by atoms with Crippen molar-refractivity contribution < 1.29 is 0 Å². The van der Waals surface area contributed by atoms with Crippen LogP contribution in [0.1, 0.15) is 45.2 Å². The van der Waals surface area contributed by atoms with Crippen LogP contribution in [-0.2, 0) is 0 Å². The Morgan fingerprint density at radius 3 is 2.42 bits per heavy atom. The summed E-state index contributed by atoms with van der Waals surface area (Å²) in [4.78, 5) is 2.34. The lowest BCUT2D eigenvalue weighted by atomic mass is 9.96. The summed E-state index contributed by atoms with van der Waals surface area (Å²) in [5.41, 5.74) is 7.47. The molecule has 0 aromatic heterocycles. The minimum Gasteiger partial charge on any atom is -0.326 e. The molecule has 0 radical (unpaired) electrons. The summed E-state index contributed by atoms with van der Waals surface area (Å²) >= 11 is 6.34. The minimum absolute atomic E-state index is 0.108. The van der Waals surface area contributed by atoms with Crippen molar-refractivity contribution >= 4 is 11.6 Å². The molecule has 0 fully saturated rings. The van der Waals surface area contributed by atoms with Crippen molar-refractivity contribution in [2.45, 2.75) is 45.7 Å². The summed E-state index contributed by atoms with van der Waals surface area (Å²) in [7, 11) is 2.14. The third kappa shape index (κ3) is 4.79. The van der Waals surface area contributed by atoms with Gasteiger partial charge in [-0.05, 0) is 44.0 Å². The smallest absolute Gasteiger partial charge is 0.0511 e. The van der Waals surface area contributed by atoms with Crippen molar-refractivity contribution in [1.82, 2.24) is 4.90 Å². The Morgan fingerprint density at radius 2 is 1.89 bits per heavy atom. The first-order valence-electron chi connectivity index (χ1n) is 7.17. The predicted octanol–water partition coefficient (Wildman–Crippen LogP) is 4.10. The molecule has 2 nitrogen and oxygen atoms in total. The largest absolute Gasteiger partial charge is 0.326 e. The zero-order chi connectivity index (χ0) is 14.4. The van der Waals surface area contributed by atoms with E-state index in [0.29, 0.717) is 5.92 Å². The fraction of sp³-hybridized carbons (Fsp3) is 0.625. The minimum atomic E-state index is 0.108. The van der Waals surface area contributed by atoms with Crippen molar-refractivity contribution in [1.29, 1.82) is 0 Å². The molecule has 19 heavy (non-hydrogen) atoms. The number of nitrogens with two attached hydrogens (primary N) is 1. The van der Waals surface area contributed by atoms with Crippen LogP contribution in [0.15, 0.2) is 24.3 Å². The van der Waals surface area contributed by atoms with E-state index >= 15 is 0 Å². The van der Waals surface area contributed by atoms with E-state index in [1.807, 2.05) is 18.2 Å². The highest BCUT2D eigenvalue weighted by molar-refractivity contribution is 6.31. The van der Waals surface area contributed by atoms with Crippen LogP contribution in [0.2, 0.25) is 5.02 Å². The molecule has 0 saturated carbocycles. The molecule has 0 bridgehead atoms. The Kier molecular flexibility index (Phi) is 6.84. The molecule has 0 aliphatic carbocycles. The van der Waals surface area contributed by atoms with E-state index in [4.69, 9.17) is 17.3 Å². The van der Waals surface area contributed by atoms with Crippen molar-refractivity contribution in [3.8, 4) is 0 Å². The van der Waals surface area contributed by atoms with Crippen molar-refractivity contribution in [2.24, 2.45) is 11.7 Å². The molecule has 3 heteroatoms. The Hall–Kier alpha value is -0.570. The molecular formula is C16H27ClN2. The van der Waals surface area contributed by atoms with Gasteiger partial charge in [0.15, 0.2) is 0 Å². The van der Waals surface area contributed by atoms with Gasteiger partial charge in [0.05, 0.1) is 6.04 Å². The van der Waals surface area contributed by atoms with Gasteiger partial charge in [-0.25, -0.2) is 0 Å². The zero-order valence-corrected chi connectivity index (χ0v) is 13.3. The molecular weight excluding hydrogens is 256 g/mol. The van der Waals surface area contributed by atoms with Crippen LogP contribution < -0.4 is 5.73 Å². The summed E-state index contributed by atoms with van der Waals surface area (Å²) in [6, 6.07) is 8.34. The lowest BCUT2D eigenvalue weighted by molar-refractivity contribution is 0.199. The van der Waals surface area contributed by atoms with Gasteiger partial charge in [-0.15, -0.1) is 0 Å². The van der Waals surface area contributed by atoms with E-state index in [2.05, 4.69) is 38.8 Å². The van der Waals surface area contributed by atoms with Crippen LogP contribution in [0.3, 0.4) is 0 Å². The maximum absolute atomic E-state index is 6.34. The Morgan fingerprint density at radius 1 is 1.26 bits per heavy atom. The molecule has 0 aliphatic heterocycles. The monoisotopic (exact) mass is 282 g/mol. The molecule has 0 aliphatic rings. The van der Waals surface area contributed by atoms with Crippen LogP contribution in [0.25, 0.3) is 0 Å². The molecule has 2 N–H and O–H groups in total. The van der Waals surface area contributed by atoms with Crippen LogP contribution in [0.5, 0.6) is 0 Å². The van der Waals surface area contributed by atoms with Gasteiger partial charge in [0.25, 0.3) is 0 Å². The van der Waals surface area contributed by atoms with Crippen LogP contribution in [-0.4, -0.2) is 24.5 Å². The summed E-state index contributed by atoms with van der Waals surface area (Å²) in [6.45, 7) is 7.67. The number of hydrogen-bond acceptors (Lipinski definition) is 2. The highest BCUT2D eigenvalue weighted by Gasteiger charge is 2.24. The molecule has 2 unspecified atom stereocenters. The van der Waals surface area contributed by atoms with Gasteiger partial charge in [-0.2, -0.15) is 0 Å². The normalized spacial score (nSPS) is 14.9. The molecule has 108 valence electrons. The Bertz CT molecular complexity index is 379. The highest BCUT2D eigenvalue weighted by atomic mass is 35.5. The quantitative estimate of drug-likeness (QED) is 0.816. The zero-order valence-electron chi connectivity index (χ0n) is 12.6. The second-order valence-corrected chi connectivity index (χ2v) is 6.11. The molecule has 0 heterocycles. The van der Waals surface area contributed by atoms with E-state index in [0.717, 1.165) is 23.6 Å². The first-order chi connectivity index (χ1) is 8.97. The maximum atomic E-state index is 6.34. The second-order valence-electron chi connectivity index (χ2n) is 5.70. The third-order valence-electron chi connectivity index (χ3n) is 3.63. The maximum Gasteiger partial charge on any atom is 0.0511 e. The average molecular weight is 283 g/mol. The van der Waals surface area contributed by atoms with Crippen molar-refractivity contribution in [2.75, 3.05) is 13.6 Å². The molecule has 0 amide bonds. The first-order valence-corrected chi connectivity index (χ1v) is 7.55. The summed E-state index contributed by atoms with van der Waals surface area (Å²) in [6.07, 6.45) is 2.12. The van der Waals surface area contributed by atoms with Gasteiger partial charge < -0.3 is 5.73 Å². The van der Waals surface area contributed by atoms with E-state index in [-0.39, 0.29) is 12.1 Å². The highest BCUT2D eigenvalue weighted by Crippen LogP contribution is 2.30. The summed E-state index contributed by atoms with van der Waals surface area (Å²) in [5, 5.41) is 0.813. The van der Waals surface area contributed by atoms with Gasteiger partial charge in [0.1, 0.15) is 0 Å². The van der Waals surface area contributed by atoms with Gasteiger partial charge in [0, 0.05) is 11.1 Å². The second kappa shape index (κ2) is 7.88. The van der Waals surface area contributed by atoms with E-state index in [1.54, 1.807) is 0 Å². The van der Waals surface area contributed by atoms with Crippen molar-refractivity contribution in [3.63, 3.8) is 0 Å². The van der Waals surface area contributed by atoms with Crippen LogP contribution >= 0.6 is 11.6 Å². The van der Waals surface area contributed by atoms with Gasteiger partial charge in [-0.3, -0.25) is 4.90 Å². The Labute approximate surface area is 122 Å². The molecule has 1 aromatic carbocycles. The standard InChI is InChI=1S/C16H27ClN2/c1-5-15(18)16(19(4)11-10-12(2)3)13-8-6-7-9-14(13)17/h6-9,12,15-16H,5,10-11,18H2,1-4H3. The molecule has 1 aromatic rings. The SMILES string of the molecule is CCC(N)C(c1ccccc1Cl)N(C)CCC(C)C. The number of benzene rings is 1. The topological polar surface area (TPSA) is 29.3 Å². The third-order valence-corrected chi connectivity index (χ3v) is 3.98. The van der Waals surface area contributed by atoms with E-state index in [9.17, 15) is 0 Å². The van der Waals surface area contributed by atoms with E-state index in [1.165, 1.54) is 6.42 Å². The first kappa shape index (κ1) is 16.5. The van der Waals surface area contributed by atoms with Gasteiger partial charge >= 0.3 is 0 Å². The number of rotatable bonds is 7. The fourth-order valence-electron chi connectivity index (χ4n) is 2.33. The molecule has 0 saturated heterocycles. The van der Waals surface area contributed by atoms with E-state index < -0.39 is 0 Å². The number of nitrogens with zero attached hydrogens (tertiary/aromatic N) is 1. The summed E-state index contributed by atoms with van der Waals surface area (Å²) in [5.74, 6) is 0.701. The van der Waals surface area contributed by atoms with Crippen LogP contribution in [0, 0.1) is 5.92 Å². The average Bonchev–Trinajstić information content (AvgIpc) is 2.38. The van der Waals surface area contributed by atoms with Gasteiger partial charge in [-0.1, -0.05) is 50.6 Å². The Balaban J connectivity index is 2.92. The molecule has 2 atom stereocenters. The van der Waals surface area contributed by atoms with Gasteiger partial charge in [0.2, 0.25) is 0 Å². The number of likely N-dealkylation sites (N-methyl/N-ethyl adjacent to an activating group) is 1. The van der Waals surface area contributed by atoms with Crippen molar-refractivity contribution in [3.05, 3.63) is 34.9 Å². The summed E-state index contributed by atoms with van der Waals surface area (Å²) < 4.78 is 0. The lowest BCUT2D eigenvalue weighted by Crippen LogP contribution is -2.39. The number of hydrogen-bond donors (Lipinski definition) is 1. The van der Waals surface area contributed by atoms with Crippen LogP contribution in [0.4, 0.5) is 0 Å². The lowest BCUT2D eigenvalue weighted by Gasteiger charge is -2.33. The molecule has 0 spiro atoms. The predicted molar refractivity (Wildman–Crippen MR) is 84.5 cm³/mol. The number of halogens is 1.